The van der Waals surface area contributed by atoms with E-state index in [0.717, 1.165) is 10.6 Å². The Hall–Kier alpha value is -2.78. The number of anilines is 1. The lowest BCUT2D eigenvalue weighted by molar-refractivity contribution is -0.139. The van der Waals surface area contributed by atoms with Gasteiger partial charge in [0.25, 0.3) is 0 Å². The fraction of sp³-hybridized carbons (Fsp3) is 0.364. The number of rotatable bonds is 10. The van der Waals surface area contributed by atoms with Gasteiger partial charge in [-0.15, -0.1) is 0 Å². The van der Waals surface area contributed by atoms with Crippen molar-refractivity contribution in [2.75, 3.05) is 30.8 Å². The molecule has 0 fully saturated rings. The van der Waals surface area contributed by atoms with Crippen molar-refractivity contribution in [2.45, 2.75) is 26.4 Å². The van der Waals surface area contributed by atoms with Crippen molar-refractivity contribution in [1.29, 1.82) is 0 Å². The Balaban J connectivity index is 2.36. The van der Waals surface area contributed by atoms with Crippen molar-refractivity contribution in [3.8, 4) is 5.75 Å². The van der Waals surface area contributed by atoms with E-state index in [1.165, 1.54) is 11.9 Å². The second-order valence-electron chi connectivity index (χ2n) is 7.10. The van der Waals surface area contributed by atoms with Gasteiger partial charge in [-0.05, 0) is 49.7 Å². The number of benzene rings is 2. The van der Waals surface area contributed by atoms with Gasteiger partial charge in [0.05, 0.1) is 18.6 Å². The lowest BCUT2D eigenvalue weighted by Crippen LogP contribution is -2.50. The highest BCUT2D eigenvalue weighted by Crippen LogP contribution is 2.23. The Morgan fingerprint density at radius 2 is 1.75 bits per heavy atom. The van der Waals surface area contributed by atoms with Gasteiger partial charge in [-0.3, -0.25) is 13.9 Å². The van der Waals surface area contributed by atoms with Gasteiger partial charge in [-0.2, -0.15) is 0 Å². The van der Waals surface area contributed by atoms with Gasteiger partial charge in [0, 0.05) is 18.6 Å². The zero-order valence-electron chi connectivity index (χ0n) is 18.5. The van der Waals surface area contributed by atoms with Gasteiger partial charge < -0.3 is 15.0 Å². The molecule has 10 heteroatoms. The van der Waals surface area contributed by atoms with Crippen LogP contribution in [0.15, 0.2) is 48.5 Å². The number of carbonyl (C=O) groups excluding carboxylic acids is 2. The molecule has 174 valence electrons. The molecule has 0 bridgehead atoms. The standard InChI is InChI=1S/C22H28ClN3O5S/c1-5-31-19-12-10-18(11-13-19)26(32(4,29)30)15-21(27)25(16(2)22(28)24-3)14-17-8-6-7-9-20(17)23/h6-13,16H,5,14-15H2,1-4H3,(H,24,28)/t16-/m0/s1. The van der Waals surface area contributed by atoms with Gasteiger partial charge in [0.15, 0.2) is 0 Å². The number of hydrogen-bond acceptors (Lipinski definition) is 5. The Morgan fingerprint density at radius 3 is 2.28 bits per heavy atom. The van der Waals surface area contributed by atoms with Crippen LogP contribution in [0.2, 0.25) is 5.02 Å². The average Bonchev–Trinajstić information content (AvgIpc) is 2.76. The highest BCUT2D eigenvalue weighted by atomic mass is 35.5. The number of carbonyl (C=O) groups is 2. The van der Waals surface area contributed by atoms with Crippen molar-refractivity contribution in [3.05, 3.63) is 59.1 Å². The number of ether oxygens (including phenoxy) is 1. The number of amides is 2. The van der Waals surface area contributed by atoms with Crippen molar-refractivity contribution < 1.29 is 22.7 Å². The Kier molecular flexibility index (Phi) is 8.91. The van der Waals surface area contributed by atoms with Crippen LogP contribution in [-0.2, 0) is 26.2 Å². The molecule has 0 radical (unpaired) electrons. The fourth-order valence-electron chi connectivity index (χ4n) is 3.09. The van der Waals surface area contributed by atoms with Crippen molar-refractivity contribution in [2.24, 2.45) is 0 Å². The third-order valence-electron chi connectivity index (χ3n) is 4.83. The molecule has 0 unspecified atom stereocenters. The van der Waals surface area contributed by atoms with E-state index in [1.807, 2.05) is 6.92 Å². The molecule has 0 saturated heterocycles. The minimum atomic E-state index is -3.79. The van der Waals surface area contributed by atoms with Crippen molar-refractivity contribution in [3.63, 3.8) is 0 Å². The normalized spacial score (nSPS) is 12.0. The summed E-state index contributed by atoms with van der Waals surface area (Å²) in [5.41, 5.74) is 0.958. The number of likely N-dealkylation sites (N-methyl/N-ethyl adjacent to an activating group) is 1. The highest BCUT2D eigenvalue weighted by molar-refractivity contribution is 7.92. The molecule has 0 aromatic heterocycles. The van der Waals surface area contributed by atoms with E-state index in [-0.39, 0.29) is 12.5 Å². The molecule has 1 atom stereocenters. The number of halogens is 1. The fourth-order valence-corrected chi connectivity index (χ4v) is 4.14. The topological polar surface area (TPSA) is 96.0 Å². The Morgan fingerprint density at radius 1 is 1.12 bits per heavy atom. The van der Waals surface area contributed by atoms with Gasteiger partial charge in [-0.1, -0.05) is 29.8 Å². The average molecular weight is 482 g/mol. The summed E-state index contributed by atoms with van der Waals surface area (Å²) in [6.07, 6.45) is 1.03. The van der Waals surface area contributed by atoms with Crippen LogP contribution in [0.25, 0.3) is 0 Å². The largest absolute Gasteiger partial charge is 0.494 e. The number of sulfonamides is 1. The van der Waals surface area contributed by atoms with Crippen LogP contribution in [0.3, 0.4) is 0 Å². The summed E-state index contributed by atoms with van der Waals surface area (Å²) in [4.78, 5) is 26.9. The highest BCUT2D eigenvalue weighted by Gasteiger charge is 2.30. The molecule has 2 aromatic rings. The van der Waals surface area contributed by atoms with E-state index in [2.05, 4.69) is 5.32 Å². The summed E-state index contributed by atoms with van der Waals surface area (Å²) in [6.45, 7) is 3.47. The van der Waals surface area contributed by atoms with E-state index in [4.69, 9.17) is 16.3 Å². The van der Waals surface area contributed by atoms with Crippen molar-refractivity contribution >= 4 is 39.1 Å². The summed E-state index contributed by atoms with van der Waals surface area (Å²) in [5, 5.41) is 2.97. The minimum Gasteiger partial charge on any atom is -0.494 e. The molecular weight excluding hydrogens is 454 g/mol. The second kappa shape index (κ2) is 11.2. The molecule has 32 heavy (non-hydrogen) atoms. The predicted octanol–water partition coefficient (Wildman–Crippen LogP) is 2.67. The molecule has 0 saturated carbocycles. The first-order valence-corrected chi connectivity index (χ1v) is 12.3. The lowest BCUT2D eigenvalue weighted by Gasteiger charge is -2.31. The van der Waals surface area contributed by atoms with Gasteiger partial charge in [0.2, 0.25) is 21.8 Å². The maximum Gasteiger partial charge on any atom is 0.244 e. The molecule has 1 N–H and O–H groups in total. The quantitative estimate of drug-likeness (QED) is 0.562. The van der Waals surface area contributed by atoms with Crippen LogP contribution >= 0.6 is 11.6 Å². The Bertz CT molecular complexity index is 1040. The summed E-state index contributed by atoms with van der Waals surface area (Å²) in [6, 6.07) is 12.5. The molecule has 2 amide bonds. The summed E-state index contributed by atoms with van der Waals surface area (Å²) in [5.74, 6) is -0.331. The molecule has 2 aromatic carbocycles. The van der Waals surface area contributed by atoms with Crippen LogP contribution in [0.5, 0.6) is 5.75 Å². The maximum absolute atomic E-state index is 13.3. The van der Waals surface area contributed by atoms with Gasteiger partial charge in [0.1, 0.15) is 18.3 Å². The first kappa shape index (κ1) is 25.5. The van der Waals surface area contributed by atoms with Crippen LogP contribution < -0.4 is 14.4 Å². The zero-order chi connectivity index (χ0) is 23.9. The van der Waals surface area contributed by atoms with E-state index >= 15 is 0 Å². The smallest absolute Gasteiger partial charge is 0.244 e. The molecule has 0 heterocycles. The Labute approximate surface area is 194 Å². The monoisotopic (exact) mass is 481 g/mol. The van der Waals surface area contributed by atoms with Crippen molar-refractivity contribution in [1.82, 2.24) is 10.2 Å². The maximum atomic E-state index is 13.3. The summed E-state index contributed by atoms with van der Waals surface area (Å²) < 4.78 is 31.4. The first-order chi connectivity index (χ1) is 15.1. The molecule has 0 aliphatic rings. The predicted molar refractivity (Wildman–Crippen MR) is 125 cm³/mol. The van der Waals surface area contributed by atoms with E-state index in [0.29, 0.717) is 28.6 Å². The van der Waals surface area contributed by atoms with Crippen LogP contribution in [0, 0.1) is 0 Å². The SMILES string of the molecule is CCOc1ccc(N(CC(=O)N(Cc2ccccc2Cl)[C@@H](C)C(=O)NC)S(C)(=O)=O)cc1. The first-order valence-electron chi connectivity index (χ1n) is 10.0. The van der Waals surface area contributed by atoms with Crippen LogP contribution in [0.4, 0.5) is 5.69 Å². The molecule has 0 aliphatic heterocycles. The third kappa shape index (κ3) is 6.61. The lowest BCUT2D eigenvalue weighted by atomic mass is 10.1. The summed E-state index contributed by atoms with van der Waals surface area (Å²) in [7, 11) is -2.31. The summed E-state index contributed by atoms with van der Waals surface area (Å²) >= 11 is 6.25. The third-order valence-corrected chi connectivity index (χ3v) is 6.34. The number of hydrogen-bond donors (Lipinski definition) is 1. The van der Waals surface area contributed by atoms with E-state index < -0.39 is 28.5 Å². The molecule has 8 nitrogen and oxygen atoms in total. The van der Waals surface area contributed by atoms with E-state index in [9.17, 15) is 18.0 Å². The van der Waals surface area contributed by atoms with Crippen LogP contribution in [0.1, 0.15) is 19.4 Å². The number of nitrogens with one attached hydrogen (secondary N) is 1. The number of nitrogens with zero attached hydrogens (tertiary/aromatic N) is 2. The molecule has 2 rings (SSSR count). The molecule has 0 spiro atoms. The van der Waals surface area contributed by atoms with Crippen LogP contribution in [-0.4, -0.2) is 57.6 Å². The molecular formula is C22H28ClN3O5S. The second-order valence-corrected chi connectivity index (χ2v) is 9.41. The zero-order valence-corrected chi connectivity index (χ0v) is 20.1. The van der Waals surface area contributed by atoms with Gasteiger partial charge in [-0.25, -0.2) is 8.42 Å². The van der Waals surface area contributed by atoms with E-state index in [1.54, 1.807) is 55.5 Å². The molecule has 0 aliphatic carbocycles. The van der Waals surface area contributed by atoms with Gasteiger partial charge >= 0.3 is 0 Å². The minimum absolute atomic E-state index is 0.0496.